The van der Waals surface area contributed by atoms with Crippen LogP contribution >= 0.6 is 23.5 Å². The second-order valence-corrected chi connectivity index (χ2v) is 22.3. The van der Waals surface area contributed by atoms with E-state index in [9.17, 15) is 90.6 Å². The van der Waals surface area contributed by atoms with Crippen molar-refractivity contribution in [3.8, 4) is 5.75 Å². The number of carbonyl (C=O) groups excluding carboxylic acids is 4. The lowest BCUT2D eigenvalue weighted by Crippen LogP contribution is -2.62. The first-order valence-corrected chi connectivity index (χ1v) is 29.7. The number of nitro groups is 1. The van der Waals surface area contributed by atoms with Gasteiger partial charge in [-0.1, -0.05) is 0 Å². The quantitative estimate of drug-likeness (QED) is 0.0136. The molecule has 488 valence electrons. The number of ether oxygens (including phenoxy) is 9. The topological polar surface area (TPSA) is 499 Å². The van der Waals surface area contributed by atoms with Crippen molar-refractivity contribution in [1.82, 2.24) is 16.0 Å². The van der Waals surface area contributed by atoms with Gasteiger partial charge < -0.3 is 126 Å². The third kappa shape index (κ3) is 19.8. The van der Waals surface area contributed by atoms with E-state index in [2.05, 4.69) is 21.7 Å². The summed E-state index contributed by atoms with van der Waals surface area (Å²) in [5.41, 5.74) is 4.37. The second-order valence-electron chi connectivity index (χ2n) is 20.3. The molecule has 6 heterocycles. The number of aliphatic hydroxyl groups is 12. The summed E-state index contributed by atoms with van der Waals surface area (Å²) in [4.78, 5) is 58.2. The van der Waals surface area contributed by atoms with Crippen molar-refractivity contribution in [3.63, 3.8) is 0 Å². The van der Waals surface area contributed by atoms with Crippen LogP contribution in [-0.2, 0) is 57.1 Å². The van der Waals surface area contributed by atoms with Gasteiger partial charge in [0.2, 0.25) is 29.3 Å². The standard InChI is InChI=1S/C28H38N2O15S.C23H38N2O12S.CH5N/c31-12-18(34)24-22(37)17(33)11-28(44-24)14-46-26-25(45-28)23(38)19(13-32)43-27(26)41-10-2-9-29-20(35)3-1-4-21(36)42-16-7-5-15(6-8-16)30(39)40;1-24-15(30)4-2-5-16(31)25-6-3-7-34-22-21-20(18(33)14(10-27)35-22)37-23(11-38-21)8-12(28)17(32)19(36-23)13(29)9-26;1-2/h5-8,17-19,22-24,27,31-34,37-38H,1-4,9-14H2,(H,29,35);12-14,17-19,22,26-29,32-33H,2-11H2,1H3,(H,24,30)(H,25,31);2H2,1H3/t17?,18-,19?,22?,23?,24+,27?,28+;12?,13-,14?,17?,18?,19+,22?,23+;/m11./s1. The number of nitrogens with one attached hydrogen (secondary N) is 3. The maximum Gasteiger partial charge on any atom is 0.311 e. The minimum atomic E-state index is -1.56. The molecule has 0 bridgehead atoms. The van der Waals surface area contributed by atoms with Crippen LogP contribution in [0.4, 0.5) is 5.69 Å². The summed E-state index contributed by atoms with van der Waals surface area (Å²) in [6.07, 6.45) is -16.6. The van der Waals surface area contributed by atoms with Gasteiger partial charge in [0.15, 0.2) is 12.6 Å². The number of non-ortho nitro benzene ring substituents is 1. The molecule has 17 N–H and O–H groups in total. The fourth-order valence-corrected chi connectivity index (χ4v) is 11.8. The highest BCUT2D eigenvalue weighted by Gasteiger charge is 2.57. The average molecular weight is 1270 g/mol. The third-order valence-electron chi connectivity index (χ3n) is 13.9. The van der Waals surface area contributed by atoms with Crippen LogP contribution in [0.15, 0.2) is 45.6 Å². The van der Waals surface area contributed by atoms with Gasteiger partial charge in [0, 0.05) is 70.8 Å². The van der Waals surface area contributed by atoms with Gasteiger partial charge in [-0.2, -0.15) is 0 Å². The molecule has 2 saturated heterocycles. The number of hydrogen-bond acceptors (Lipinski definition) is 30. The number of nitrogens with zero attached hydrogens (tertiary/aromatic N) is 1. The van der Waals surface area contributed by atoms with Crippen molar-refractivity contribution in [3.05, 3.63) is 55.7 Å². The lowest BCUT2D eigenvalue weighted by atomic mass is 9.93. The largest absolute Gasteiger partial charge is 0.462 e. The molecule has 1 aromatic rings. The minimum absolute atomic E-state index is 0.00668. The first-order chi connectivity index (χ1) is 41.1. The van der Waals surface area contributed by atoms with E-state index in [0.29, 0.717) is 35.6 Å². The molecule has 16 atom stereocenters. The van der Waals surface area contributed by atoms with Crippen molar-refractivity contribution in [2.24, 2.45) is 5.73 Å². The number of hydrogen-bond donors (Lipinski definition) is 16. The molecule has 86 heavy (non-hydrogen) atoms. The maximum atomic E-state index is 12.2. The number of nitrogens with two attached hydrogens (primary N) is 1. The average Bonchev–Trinajstić information content (AvgIpc) is 0.902. The Bertz CT molecular complexity index is 2420. The summed E-state index contributed by atoms with van der Waals surface area (Å²) in [5.74, 6) is -3.92. The molecule has 6 aliphatic rings. The molecule has 2 fully saturated rings. The molecular weight excluding hydrogens is 1190 g/mol. The Morgan fingerprint density at radius 3 is 1.49 bits per heavy atom. The van der Waals surface area contributed by atoms with E-state index < -0.39 is 135 Å². The summed E-state index contributed by atoms with van der Waals surface area (Å²) < 4.78 is 51.9. The first kappa shape index (κ1) is 72.3. The van der Waals surface area contributed by atoms with E-state index in [-0.39, 0.29) is 117 Å². The van der Waals surface area contributed by atoms with Gasteiger partial charge >= 0.3 is 5.97 Å². The maximum absolute atomic E-state index is 12.2. The van der Waals surface area contributed by atoms with E-state index in [0.717, 1.165) is 11.8 Å². The highest BCUT2D eigenvalue weighted by Crippen LogP contribution is 2.49. The number of rotatable bonds is 26. The zero-order valence-corrected chi connectivity index (χ0v) is 49.0. The highest BCUT2D eigenvalue weighted by molar-refractivity contribution is 8.03. The van der Waals surface area contributed by atoms with Crippen molar-refractivity contribution >= 4 is 52.9 Å². The van der Waals surface area contributed by atoms with Crippen molar-refractivity contribution < 1.29 is 128 Å². The zero-order chi connectivity index (χ0) is 63.3. The second kappa shape index (κ2) is 35.1. The van der Waals surface area contributed by atoms with Crippen LogP contribution in [0.2, 0.25) is 0 Å². The number of amides is 3. The summed E-state index contributed by atoms with van der Waals surface area (Å²) in [6.45, 7) is -1.71. The van der Waals surface area contributed by atoms with Gasteiger partial charge in [0.25, 0.3) is 5.69 Å². The molecule has 0 aromatic heterocycles. The fourth-order valence-electron chi connectivity index (χ4n) is 9.39. The van der Waals surface area contributed by atoms with E-state index in [4.69, 9.17) is 42.6 Å². The number of benzene rings is 1. The summed E-state index contributed by atoms with van der Waals surface area (Å²) >= 11 is 2.33. The van der Waals surface area contributed by atoms with E-state index >= 15 is 0 Å². The summed E-state index contributed by atoms with van der Waals surface area (Å²) in [6, 6.07) is 5.06. The molecule has 32 nitrogen and oxygen atoms in total. The number of esters is 1. The fraction of sp³-hybridized carbons (Fsp3) is 0.731. The summed E-state index contributed by atoms with van der Waals surface area (Å²) in [7, 11) is 3.04. The molecule has 7 rings (SSSR count). The number of aliphatic hydroxyl groups excluding tert-OH is 12. The van der Waals surface area contributed by atoms with E-state index in [1.54, 1.807) is 0 Å². The van der Waals surface area contributed by atoms with Crippen LogP contribution in [-0.4, -0.2) is 266 Å². The van der Waals surface area contributed by atoms with Gasteiger partial charge in [0.05, 0.1) is 78.1 Å². The van der Waals surface area contributed by atoms with Gasteiger partial charge in [-0.25, -0.2) is 0 Å². The van der Waals surface area contributed by atoms with Crippen LogP contribution in [0.3, 0.4) is 0 Å². The normalized spacial score (nSPS) is 31.0. The van der Waals surface area contributed by atoms with Crippen molar-refractivity contribution in [1.29, 1.82) is 0 Å². The molecule has 0 aliphatic carbocycles. The van der Waals surface area contributed by atoms with Crippen molar-refractivity contribution in [2.45, 2.75) is 162 Å². The Hall–Kier alpha value is -4.48. The SMILES string of the molecule is CN.CNC(=O)CCCC(=O)NCCCOC1OC(CO)C(O)C2=C1SC[C@]1(CC(O)C(O)[C@H]([C@H](O)CO)O1)O2.O=C(CCCC(=O)Oc1ccc([N+](=O)[O-])cc1)NCCCOC1OC(CO)C(O)C2=C1SC[C@]1(CC(O)C(O)[C@H]([C@H](O)CO)O1)O2. The van der Waals surface area contributed by atoms with Crippen LogP contribution in [0.25, 0.3) is 0 Å². The highest BCUT2D eigenvalue weighted by atomic mass is 32.2. The first-order valence-electron chi connectivity index (χ1n) is 27.8. The molecule has 3 amide bonds. The molecule has 34 heteroatoms. The number of carbonyl (C=O) groups is 4. The molecule has 1 aromatic carbocycles. The lowest BCUT2D eigenvalue weighted by Gasteiger charge is -2.50. The van der Waals surface area contributed by atoms with Gasteiger partial charge in [-0.15, -0.1) is 23.5 Å². The molecule has 0 radical (unpaired) electrons. The van der Waals surface area contributed by atoms with Crippen LogP contribution in [0.1, 0.15) is 64.2 Å². The Kier molecular flexibility index (Phi) is 29.5. The number of thioether (sulfide) groups is 2. The van der Waals surface area contributed by atoms with Crippen molar-refractivity contribution in [2.75, 3.05) is 78.3 Å². The van der Waals surface area contributed by atoms with E-state index in [1.807, 2.05) is 0 Å². The van der Waals surface area contributed by atoms with Gasteiger partial charge in [0.1, 0.15) is 78.3 Å². The Morgan fingerprint density at radius 2 is 1.09 bits per heavy atom. The molecule has 6 aliphatic heterocycles. The van der Waals surface area contributed by atoms with Crippen LogP contribution < -0.4 is 26.4 Å². The minimum Gasteiger partial charge on any atom is -0.462 e. The van der Waals surface area contributed by atoms with Crippen LogP contribution in [0, 0.1) is 10.1 Å². The Labute approximate surface area is 502 Å². The van der Waals surface area contributed by atoms with Crippen LogP contribution in [0.5, 0.6) is 5.75 Å². The van der Waals surface area contributed by atoms with Gasteiger partial charge in [-0.05, 0) is 44.9 Å². The smallest absolute Gasteiger partial charge is 0.311 e. The Morgan fingerprint density at radius 1 is 0.674 bits per heavy atom. The third-order valence-corrected chi connectivity index (χ3v) is 16.5. The lowest BCUT2D eigenvalue weighted by molar-refractivity contribution is -0.384. The molecular formula is C52H81N5O27S2. The molecule has 2 spiro atoms. The molecule has 0 saturated carbocycles. The Balaban J connectivity index is 0.000000311. The molecule has 10 unspecified atom stereocenters. The predicted octanol–water partition coefficient (Wildman–Crippen LogP) is -4.58. The monoisotopic (exact) mass is 1270 g/mol. The zero-order valence-electron chi connectivity index (χ0n) is 47.4. The van der Waals surface area contributed by atoms with Gasteiger partial charge in [-0.3, -0.25) is 29.3 Å². The predicted molar refractivity (Wildman–Crippen MR) is 297 cm³/mol. The summed E-state index contributed by atoms with van der Waals surface area (Å²) in [5, 5.41) is 140. The number of nitro benzene ring substituents is 1. The van der Waals surface area contributed by atoms with E-state index in [1.165, 1.54) is 50.1 Å².